The van der Waals surface area contributed by atoms with Crippen LogP contribution in [0.3, 0.4) is 0 Å². The summed E-state index contributed by atoms with van der Waals surface area (Å²) in [5, 5.41) is 11.5. The van der Waals surface area contributed by atoms with E-state index in [9.17, 15) is 10.1 Å². The summed E-state index contributed by atoms with van der Waals surface area (Å²) >= 11 is 5.90. The molecule has 1 atom stereocenters. The number of benzene rings is 1. The predicted molar refractivity (Wildman–Crippen MR) is 78.8 cm³/mol. The number of nitrogens with zero attached hydrogens (tertiary/aromatic N) is 2. The number of nitro benzene ring substituents is 1. The van der Waals surface area contributed by atoms with E-state index < -0.39 is 4.92 Å². The molecule has 0 aliphatic rings. The second-order valence-corrected chi connectivity index (χ2v) is 5.44. The highest BCUT2D eigenvalue weighted by Crippen LogP contribution is 2.30. The first kappa shape index (κ1) is 15.7. The average molecular weight is 286 g/mol. The van der Waals surface area contributed by atoms with Crippen LogP contribution in [0.15, 0.2) is 18.2 Å². The van der Waals surface area contributed by atoms with E-state index in [4.69, 9.17) is 17.3 Å². The Bertz CT molecular complexity index is 452. The van der Waals surface area contributed by atoms with E-state index in [2.05, 4.69) is 13.8 Å². The minimum atomic E-state index is -0.398. The highest BCUT2D eigenvalue weighted by Gasteiger charge is 2.18. The number of halogens is 1. The second-order valence-electron chi connectivity index (χ2n) is 5.01. The molecule has 0 saturated heterocycles. The SMILES string of the molecule is CC(C)C(N)CCN(C)c1cc(Cl)ccc1[N+](=O)[O-]. The Morgan fingerprint density at radius 2 is 2.11 bits per heavy atom. The molecule has 2 N–H and O–H groups in total. The van der Waals surface area contributed by atoms with E-state index in [1.165, 1.54) is 12.1 Å². The summed E-state index contributed by atoms with van der Waals surface area (Å²) in [6.45, 7) is 4.78. The Balaban J connectivity index is 2.83. The summed E-state index contributed by atoms with van der Waals surface area (Å²) in [5.41, 5.74) is 6.57. The van der Waals surface area contributed by atoms with Gasteiger partial charge in [0, 0.05) is 30.7 Å². The quantitative estimate of drug-likeness (QED) is 0.644. The average Bonchev–Trinajstić information content (AvgIpc) is 2.34. The van der Waals surface area contributed by atoms with Gasteiger partial charge in [-0.2, -0.15) is 0 Å². The van der Waals surface area contributed by atoms with Gasteiger partial charge < -0.3 is 10.6 Å². The fourth-order valence-electron chi connectivity index (χ4n) is 1.75. The molecule has 0 amide bonds. The van der Waals surface area contributed by atoms with Gasteiger partial charge in [-0.3, -0.25) is 10.1 Å². The van der Waals surface area contributed by atoms with Gasteiger partial charge in [0.05, 0.1) is 4.92 Å². The van der Waals surface area contributed by atoms with Crippen molar-refractivity contribution in [2.24, 2.45) is 11.7 Å². The monoisotopic (exact) mass is 285 g/mol. The lowest BCUT2D eigenvalue weighted by molar-refractivity contribution is -0.384. The third-order valence-corrected chi connectivity index (χ3v) is 3.43. The van der Waals surface area contributed by atoms with Gasteiger partial charge in [-0.25, -0.2) is 0 Å². The Morgan fingerprint density at radius 3 is 2.63 bits per heavy atom. The van der Waals surface area contributed by atoms with E-state index in [1.807, 2.05) is 11.9 Å². The molecule has 5 nitrogen and oxygen atoms in total. The Kier molecular flexibility index (Phi) is 5.57. The first-order valence-corrected chi connectivity index (χ1v) is 6.61. The predicted octanol–water partition coefficient (Wildman–Crippen LogP) is 3.06. The van der Waals surface area contributed by atoms with Crippen molar-refractivity contribution in [1.29, 1.82) is 0 Å². The zero-order valence-corrected chi connectivity index (χ0v) is 12.2. The van der Waals surface area contributed by atoms with Gasteiger partial charge in [0.2, 0.25) is 0 Å². The summed E-state index contributed by atoms with van der Waals surface area (Å²) in [6.07, 6.45) is 0.776. The van der Waals surface area contributed by atoms with Gasteiger partial charge in [0.1, 0.15) is 5.69 Å². The van der Waals surface area contributed by atoms with Gasteiger partial charge in [0.15, 0.2) is 0 Å². The number of anilines is 1. The minimum absolute atomic E-state index is 0.0602. The molecule has 0 saturated carbocycles. The molecule has 0 aliphatic heterocycles. The molecule has 0 heterocycles. The molecule has 106 valence electrons. The van der Waals surface area contributed by atoms with E-state index >= 15 is 0 Å². The van der Waals surface area contributed by atoms with Gasteiger partial charge in [-0.15, -0.1) is 0 Å². The van der Waals surface area contributed by atoms with E-state index in [0.29, 0.717) is 23.2 Å². The van der Waals surface area contributed by atoms with Crippen LogP contribution >= 0.6 is 11.6 Å². The van der Waals surface area contributed by atoms with Gasteiger partial charge in [-0.05, 0) is 24.5 Å². The van der Waals surface area contributed by atoms with Crippen LogP contribution in [0.5, 0.6) is 0 Å². The molecule has 0 aliphatic carbocycles. The zero-order chi connectivity index (χ0) is 14.6. The number of hydrogen-bond acceptors (Lipinski definition) is 4. The third-order valence-electron chi connectivity index (χ3n) is 3.20. The number of rotatable bonds is 6. The lowest BCUT2D eigenvalue weighted by Crippen LogP contribution is -2.32. The molecule has 1 aromatic rings. The Morgan fingerprint density at radius 1 is 1.47 bits per heavy atom. The van der Waals surface area contributed by atoms with Crippen molar-refractivity contribution in [3.63, 3.8) is 0 Å². The van der Waals surface area contributed by atoms with Crippen molar-refractivity contribution in [2.75, 3.05) is 18.5 Å². The lowest BCUT2D eigenvalue weighted by Gasteiger charge is -2.23. The summed E-state index contributed by atoms with van der Waals surface area (Å²) in [5.74, 6) is 0.391. The summed E-state index contributed by atoms with van der Waals surface area (Å²) in [4.78, 5) is 12.4. The summed E-state index contributed by atoms with van der Waals surface area (Å²) in [7, 11) is 1.81. The first-order chi connectivity index (χ1) is 8.82. The maximum atomic E-state index is 11.0. The fraction of sp³-hybridized carbons (Fsp3) is 0.538. The van der Waals surface area contributed by atoms with E-state index in [-0.39, 0.29) is 11.7 Å². The van der Waals surface area contributed by atoms with Crippen molar-refractivity contribution < 1.29 is 4.92 Å². The molecular formula is C13H20ClN3O2. The second kappa shape index (κ2) is 6.73. The van der Waals surface area contributed by atoms with Crippen molar-refractivity contribution in [3.8, 4) is 0 Å². The van der Waals surface area contributed by atoms with Crippen LogP contribution in [0.4, 0.5) is 11.4 Å². The topological polar surface area (TPSA) is 72.4 Å². The van der Waals surface area contributed by atoms with Crippen LogP contribution in [0.1, 0.15) is 20.3 Å². The van der Waals surface area contributed by atoms with E-state index in [1.54, 1.807) is 6.07 Å². The van der Waals surface area contributed by atoms with Crippen LogP contribution in [-0.4, -0.2) is 24.6 Å². The standard InChI is InChI=1S/C13H20ClN3O2/c1-9(2)11(15)6-7-16(3)13-8-10(14)4-5-12(13)17(18)19/h4-5,8-9,11H,6-7,15H2,1-3H3. The normalized spacial score (nSPS) is 12.5. The van der Waals surface area contributed by atoms with Crippen molar-refractivity contribution in [2.45, 2.75) is 26.3 Å². The molecule has 1 rings (SSSR count). The van der Waals surface area contributed by atoms with Crippen molar-refractivity contribution in [3.05, 3.63) is 33.3 Å². The molecular weight excluding hydrogens is 266 g/mol. The number of hydrogen-bond donors (Lipinski definition) is 1. The summed E-state index contributed by atoms with van der Waals surface area (Å²) in [6, 6.07) is 4.65. The smallest absolute Gasteiger partial charge is 0.292 e. The van der Waals surface area contributed by atoms with Gasteiger partial charge >= 0.3 is 0 Å². The molecule has 0 fully saturated rings. The molecule has 0 bridgehead atoms. The van der Waals surface area contributed by atoms with Crippen LogP contribution in [0.25, 0.3) is 0 Å². The first-order valence-electron chi connectivity index (χ1n) is 6.23. The van der Waals surface area contributed by atoms with Crippen LogP contribution in [-0.2, 0) is 0 Å². The molecule has 0 aromatic heterocycles. The van der Waals surface area contributed by atoms with Gasteiger partial charge in [-0.1, -0.05) is 25.4 Å². The maximum Gasteiger partial charge on any atom is 0.292 e. The highest BCUT2D eigenvalue weighted by atomic mass is 35.5. The summed E-state index contributed by atoms with van der Waals surface area (Å²) < 4.78 is 0. The molecule has 0 spiro atoms. The van der Waals surface area contributed by atoms with Crippen molar-refractivity contribution >= 4 is 23.0 Å². The maximum absolute atomic E-state index is 11.0. The Labute approximate surface area is 118 Å². The number of nitro groups is 1. The van der Waals surface area contributed by atoms with Crippen LogP contribution in [0, 0.1) is 16.0 Å². The third kappa shape index (κ3) is 4.36. The van der Waals surface area contributed by atoms with Crippen LogP contribution < -0.4 is 10.6 Å². The Hall–Kier alpha value is -1.33. The molecule has 0 radical (unpaired) electrons. The highest BCUT2D eigenvalue weighted by molar-refractivity contribution is 6.31. The van der Waals surface area contributed by atoms with E-state index in [0.717, 1.165) is 6.42 Å². The fourth-order valence-corrected chi connectivity index (χ4v) is 1.92. The minimum Gasteiger partial charge on any atom is -0.369 e. The van der Waals surface area contributed by atoms with Crippen LogP contribution in [0.2, 0.25) is 5.02 Å². The molecule has 1 unspecified atom stereocenters. The lowest BCUT2D eigenvalue weighted by atomic mass is 10.0. The zero-order valence-electron chi connectivity index (χ0n) is 11.5. The number of nitrogens with two attached hydrogens (primary N) is 1. The molecule has 19 heavy (non-hydrogen) atoms. The van der Waals surface area contributed by atoms with Crippen molar-refractivity contribution in [1.82, 2.24) is 0 Å². The molecule has 6 heteroatoms. The molecule has 1 aromatic carbocycles. The van der Waals surface area contributed by atoms with Gasteiger partial charge in [0.25, 0.3) is 5.69 Å². The largest absolute Gasteiger partial charge is 0.369 e.